The summed E-state index contributed by atoms with van der Waals surface area (Å²) < 4.78 is 33.4. The molecule has 0 saturated heterocycles. The molecule has 1 N–H and O–H groups in total. The van der Waals surface area contributed by atoms with Gasteiger partial charge < -0.3 is 4.74 Å². The number of ether oxygens (including phenoxy) is 1. The zero-order chi connectivity index (χ0) is 24.7. The Morgan fingerprint density at radius 1 is 1.00 bits per heavy atom. The number of rotatable bonds is 9. The third-order valence-electron chi connectivity index (χ3n) is 4.94. The van der Waals surface area contributed by atoms with Crippen LogP contribution in [0.15, 0.2) is 82.8 Å². The monoisotopic (exact) mass is 499 g/mol. The number of anilines is 1. The van der Waals surface area contributed by atoms with E-state index in [4.69, 9.17) is 16.3 Å². The van der Waals surface area contributed by atoms with E-state index < -0.39 is 22.5 Å². The molecule has 3 rings (SSSR count). The minimum atomic E-state index is -4.04. The molecule has 0 unspecified atom stereocenters. The molecule has 0 radical (unpaired) electrons. The molecule has 3 aromatic carbocycles. The van der Waals surface area contributed by atoms with Crippen LogP contribution < -0.4 is 14.5 Å². The van der Waals surface area contributed by atoms with Crippen LogP contribution in [0.25, 0.3) is 0 Å². The lowest BCUT2D eigenvalue weighted by atomic mass is 10.1. The van der Waals surface area contributed by atoms with Crippen LogP contribution in [-0.2, 0) is 14.8 Å². The Morgan fingerprint density at radius 2 is 1.62 bits per heavy atom. The van der Waals surface area contributed by atoms with E-state index in [0.29, 0.717) is 28.8 Å². The van der Waals surface area contributed by atoms with Gasteiger partial charge in [0, 0.05) is 5.02 Å². The van der Waals surface area contributed by atoms with Gasteiger partial charge in [-0.05, 0) is 74.9 Å². The lowest BCUT2D eigenvalue weighted by Gasteiger charge is -2.24. The predicted molar refractivity (Wildman–Crippen MR) is 135 cm³/mol. The second-order valence-electron chi connectivity index (χ2n) is 7.49. The van der Waals surface area contributed by atoms with E-state index in [9.17, 15) is 13.2 Å². The van der Waals surface area contributed by atoms with Gasteiger partial charge in [0.15, 0.2) is 0 Å². The molecule has 0 heterocycles. The minimum Gasteiger partial charge on any atom is -0.494 e. The zero-order valence-electron chi connectivity index (χ0n) is 19.2. The minimum absolute atomic E-state index is 0.0465. The van der Waals surface area contributed by atoms with Crippen LogP contribution in [0.4, 0.5) is 5.69 Å². The first kappa shape index (κ1) is 25.3. The van der Waals surface area contributed by atoms with Crippen LogP contribution in [0.1, 0.15) is 25.0 Å². The van der Waals surface area contributed by atoms with Gasteiger partial charge in [-0.3, -0.25) is 9.10 Å². The molecular weight excluding hydrogens is 474 g/mol. The van der Waals surface area contributed by atoms with Crippen molar-refractivity contribution in [2.75, 3.05) is 17.5 Å². The van der Waals surface area contributed by atoms with Crippen molar-refractivity contribution in [1.29, 1.82) is 0 Å². The summed E-state index contributed by atoms with van der Waals surface area (Å²) in [6.45, 7) is 5.50. The first-order valence-corrected chi connectivity index (χ1v) is 12.4. The SMILES string of the molecule is CCOc1ccc(S(=O)(=O)N(CC(=O)NN=C(C)c2ccc(Cl)cc2)c2ccc(C)cc2)cc1. The van der Waals surface area contributed by atoms with E-state index in [1.54, 1.807) is 67.6 Å². The summed E-state index contributed by atoms with van der Waals surface area (Å²) in [5.74, 6) is -0.0171. The molecule has 1 amide bonds. The maximum absolute atomic E-state index is 13.5. The fraction of sp³-hybridized carbons (Fsp3) is 0.200. The summed E-state index contributed by atoms with van der Waals surface area (Å²) in [5, 5.41) is 4.70. The third-order valence-corrected chi connectivity index (χ3v) is 6.98. The number of hydrazone groups is 1. The van der Waals surface area contributed by atoms with Crippen LogP contribution in [0.2, 0.25) is 5.02 Å². The fourth-order valence-electron chi connectivity index (χ4n) is 3.10. The van der Waals surface area contributed by atoms with Gasteiger partial charge in [0.1, 0.15) is 12.3 Å². The number of nitrogens with zero attached hydrogens (tertiary/aromatic N) is 2. The Labute approximate surface area is 205 Å². The summed E-state index contributed by atoms with van der Waals surface area (Å²) in [6, 6.07) is 20.0. The number of nitrogens with one attached hydrogen (secondary N) is 1. The highest BCUT2D eigenvalue weighted by molar-refractivity contribution is 7.92. The Hall–Kier alpha value is -3.36. The molecule has 0 atom stereocenters. The normalized spacial score (nSPS) is 11.7. The number of halogens is 1. The lowest BCUT2D eigenvalue weighted by Crippen LogP contribution is -2.39. The first-order chi connectivity index (χ1) is 16.2. The predicted octanol–water partition coefficient (Wildman–Crippen LogP) is 4.78. The molecule has 0 spiro atoms. The summed E-state index contributed by atoms with van der Waals surface area (Å²) in [6.07, 6.45) is 0. The van der Waals surface area contributed by atoms with E-state index in [1.165, 1.54) is 12.1 Å². The Morgan fingerprint density at radius 3 is 2.21 bits per heavy atom. The molecule has 0 aliphatic heterocycles. The second kappa shape index (κ2) is 11.2. The van der Waals surface area contributed by atoms with E-state index in [1.807, 2.05) is 13.8 Å². The van der Waals surface area contributed by atoms with Gasteiger partial charge in [-0.1, -0.05) is 41.4 Å². The van der Waals surface area contributed by atoms with E-state index in [-0.39, 0.29) is 4.90 Å². The van der Waals surface area contributed by atoms with Crippen molar-refractivity contribution in [2.45, 2.75) is 25.7 Å². The maximum atomic E-state index is 13.5. The van der Waals surface area contributed by atoms with Crippen molar-refractivity contribution in [1.82, 2.24) is 5.43 Å². The molecule has 178 valence electrons. The molecule has 9 heteroatoms. The largest absolute Gasteiger partial charge is 0.494 e. The van der Waals surface area contributed by atoms with Crippen molar-refractivity contribution >= 4 is 38.9 Å². The van der Waals surface area contributed by atoms with Gasteiger partial charge in [0.25, 0.3) is 15.9 Å². The molecule has 0 fully saturated rings. The Kier molecular flexibility index (Phi) is 8.31. The average molecular weight is 500 g/mol. The molecule has 0 saturated carbocycles. The van der Waals surface area contributed by atoms with Crippen molar-refractivity contribution in [3.05, 3.63) is 88.9 Å². The molecule has 3 aromatic rings. The van der Waals surface area contributed by atoms with E-state index >= 15 is 0 Å². The number of hydrogen-bond donors (Lipinski definition) is 1. The number of carbonyl (C=O) groups excluding carboxylic acids is 1. The van der Waals surface area contributed by atoms with Crippen LogP contribution in [0.5, 0.6) is 5.75 Å². The van der Waals surface area contributed by atoms with Gasteiger partial charge in [-0.2, -0.15) is 5.10 Å². The third kappa shape index (κ3) is 6.36. The number of carbonyl (C=O) groups is 1. The van der Waals surface area contributed by atoms with Gasteiger partial charge in [0.05, 0.1) is 22.9 Å². The van der Waals surface area contributed by atoms with Crippen molar-refractivity contribution < 1.29 is 17.9 Å². The van der Waals surface area contributed by atoms with Crippen LogP contribution in [0.3, 0.4) is 0 Å². The van der Waals surface area contributed by atoms with Crippen molar-refractivity contribution in [2.24, 2.45) is 5.10 Å². The lowest BCUT2D eigenvalue weighted by molar-refractivity contribution is -0.119. The molecule has 34 heavy (non-hydrogen) atoms. The topological polar surface area (TPSA) is 88.1 Å². The molecular formula is C25H26ClN3O4S. The number of benzene rings is 3. The van der Waals surface area contributed by atoms with Gasteiger partial charge in [-0.25, -0.2) is 13.8 Å². The quantitative estimate of drug-likeness (QED) is 0.339. The standard InChI is InChI=1S/C25H26ClN3O4S/c1-4-33-23-13-15-24(16-14-23)34(31,32)29(22-11-5-18(2)6-12-22)17-25(30)28-27-19(3)20-7-9-21(26)10-8-20/h5-16H,4,17H2,1-3H3,(H,28,30). The van der Waals surface area contributed by atoms with Crippen molar-refractivity contribution in [3.63, 3.8) is 0 Å². The highest BCUT2D eigenvalue weighted by Gasteiger charge is 2.27. The van der Waals surface area contributed by atoms with Crippen LogP contribution in [0, 0.1) is 6.92 Å². The maximum Gasteiger partial charge on any atom is 0.264 e. The zero-order valence-corrected chi connectivity index (χ0v) is 20.7. The number of amides is 1. The second-order valence-corrected chi connectivity index (χ2v) is 9.79. The fourth-order valence-corrected chi connectivity index (χ4v) is 4.64. The Balaban J connectivity index is 1.85. The average Bonchev–Trinajstić information content (AvgIpc) is 2.82. The van der Waals surface area contributed by atoms with E-state index in [0.717, 1.165) is 15.4 Å². The summed E-state index contributed by atoms with van der Waals surface area (Å²) in [7, 11) is -4.04. The highest BCUT2D eigenvalue weighted by atomic mass is 35.5. The van der Waals surface area contributed by atoms with Gasteiger partial charge >= 0.3 is 0 Å². The van der Waals surface area contributed by atoms with E-state index in [2.05, 4.69) is 10.5 Å². The molecule has 0 aromatic heterocycles. The van der Waals surface area contributed by atoms with Crippen LogP contribution >= 0.6 is 11.6 Å². The first-order valence-electron chi connectivity index (χ1n) is 10.6. The molecule has 0 aliphatic rings. The van der Waals surface area contributed by atoms with Crippen molar-refractivity contribution in [3.8, 4) is 5.75 Å². The van der Waals surface area contributed by atoms with Gasteiger partial charge in [-0.15, -0.1) is 0 Å². The summed E-state index contributed by atoms with van der Waals surface area (Å²) >= 11 is 5.91. The molecule has 0 bridgehead atoms. The smallest absolute Gasteiger partial charge is 0.264 e. The highest BCUT2D eigenvalue weighted by Crippen LogP contribution is 2.25. The Bertz CT molecular complexity index is 1260. The number of hydrogen-bond acceptors (Lipinski definition) is 5. The van der Waals surface area contributed by atoms with Gasteiger partial charge in [0.2, 0.25) is 0 Å². The number of aryl methyl sites for hydroxylation is 1. The van der Waals surface area contributed by atoms with Crippen LogP contribution in [-0.4, -0.2) is 33.2 Å². The molecule has 0 aliphatic carbocycles. The summed E-state index contributed by atoms with van der Waals surface area (Å²) in [4.78, 5) is 12.8. The molecule has 7 nitrogen and oxygen atoms in total. The summed E-state index contributed by atoms with van der Waals surface area (Å²) in [5.41, 5.74) is 5.12. The number of sulfonamides is 1.